The summed E-state index contributed by atoms with van der Waals surface area (Å²) in [5, 5.41) is 0. The molecule has 0 aromatic rings. The normalized spacial score (nSPS) is 14.3. The lowest BCUT2D eigenvalue weighted by molar-refractivity contribution is 0.304. The Bertz CT molecular complexity index is 260. The summed E-state index contributed by atoms with van der Waals surface area (Å²) in [6, 6.07) is 0. The van der Waals surface area contributed by atoms with Gasteiger partial charge in [0, 0.05) is 0 Å². The molecule has 0 fully saturated rings. The number of hydrogen-bond donors (Lipinski definition) is 4. The summed E-state index contributed by atoms with van der Waals surface area (Å²) < 4.78 is 21.2. The second-order valence-corrected chi connectivity index (χ2v) is 7.99. The predicted molar refractivity (Wildman–Crippen MR) is 56.8 cm³/mol. The van der Waals surface area contributed by atoms with Crippen LogP contribution in [0.4, 0.5) is 0 Å². The van der Waals surface area contributed by atoms with Crippen molar-refractivity contribution in [2.75, 3.05) is 12.3 Å². The SMILES string of the molecule is CC(C)(CCP(=O)(O)O)CCP(=O)(O)O. The maximum absolute atomic E-state index is 10.6. The third kappa shape index (κ3) is 10.6. The Kier molecular flexibility index (Phi) is 5.19. The lowest BCUT2D eigenvalue weighted by Gasteiger charge is -2.24. The van der Waals surface area contributed by atoms with E-state index in [1.54, 1.807) is 13.8 Å². The van der Waals surface area contributed by atoms with Gasteiger partial charge in [0.25, 0.3) is 0 Å². The second kappa shape index (κ2) is 5.09. The van der Waals surface area contributed by atoms with Crippen molar-refractivity contribution < 1.29 is 28.7 Å². The highest BCUT2D eigenvalue weighted by atomic mass is 31.2. The fourth-order valence-corrected chi connectivity index (χ4v) is 2.81. The van der Waals surface area contributed by atoms with Crippen molar-refractivity contribution in [2.24, 2.45) is 5.41 Å². The molecule has 0 aliphatic carbocycles. The summed E-state index contributed by atoms with van der Waals surface area (Å²) in [5.74, 6) is 0. The van der Waals surface area contributed by atoms with Crippen molar-refractivity contribution in [3.63, 3.8) is 0 Å². The first-order chi connectivity index (χ1) is 6.41. The van der Waals surface area contributed by atoms with E-state index < -0.39 is 20.6 Å². The average Bonchev–Trinajstić information content (AvgIpc) is 1.96. The molecule has 0 aliphatic heterocycles. The Morgan fingerprint density at radius 3 is 1.33 bits per heavy atom. The molecule has 4 N–H and O–H groups in total. The molecule has 0 saturated carbocycles. The van der Waals surface area contributed by atoms with E-state index in [0.717, 1.165) is 0 Å². The molecule has 15 heavy (non-hydrogen) atoms. The third-order valence-corrected chi connectivity index (χ3v) is 3.77. The van der Waals surface area contributed by atoms with Gasteiger partial charge in [-0.2, -0.15) is 0 Å². The van der Waals surface area contributed by atoms with E-state index >= 15 is 0 Å². The molecular formula is C7H18O6P2. The van der Waals surface area contributed by atoms with Crippen LogP contribution in [0, 0.1) is 5.41 Å². The minimum absolute atomic E-state index is 0.247. The van der Waals surface area contributed by atoms with Crippen molar-refractivity contribution in [3.05, 3.63) is 0 Å². The van der Waals surface area contributed by atoms with Crippen molar-refractivity contribution in [1.29, 1.82) is 0 Å². The van der Waals surface area contributed by atoms with Gasteiger partial charge in [-0.15, -0.1) is 0 Å². The fraction of sp³-hybridized carbons (Fsp3) is 1.00. The van der Waals surface area contributed by atoms with E-state index in [0.29, 0.717) is 0 Å². The molecule has 6 nitrogen and oxygen atoms in total. The number of hydrogen-bond acceptors (Lipinski definition) is 2. The molecule has 0 bridgehead atoms. The zero-order chi connectivity index (χ0) is 12.3. The molecule has 92 valence electrons. The zero-order valence-corrected chi connectivity index (χ0v) is 10.6. The zero-order valence-electron chi connectivity index (χ0n) is 8.83. The lowest BCUT2D eigenvalue weighted by Crippen LogP contribution is -2.15. The smallest absolute Gasteiger partial charge is 0.324 e. The van der Waals surface area contributed by atoms with Crippen molar-refractivity contribution in [3.8, 4) is 0 Å². The topological polar surface area (TPSA) is 115 Å². The van der Waals surface area contributed by atoms with Gasteiger partial charge in [0.05, 0.1) is 12.3 Å². The molecular weight excluding hydrogens is 242 g/mol. The van der Waals surface area contributed by atoms with Gasteiger partial charge in [-0.25, -0.2) is 0 Å². The maximum atomic E-state index is 10.6. The van der Waals surface area contributed by atoms with Crippen molar-refractivity contribution in [1.82, 2.24) is 0 Å². The Labute approximate surface area is 89.0 Å². The van der Waals surface area contributed by atoms with Gasteiger partial charge in [0.1, 0.15) is 0 Å². The maximum Gasteiger partial charge on any atom is 0.325 e. The molecule has 0 saturated heterocycles. The minimum Gasteiger partial charge on any atom is -0.324 e. The van der Waals surface area contributed by atoms with Crippen LogP contribution in [0.3, 0.4) is 0 Å². The fourth-order valence-electron chi connectivity index (χ4n) is 1.02. The van der Waals surface area contributed by atoms with Crippen LogP contribution < -0.4 is 0 Å². The molecule has 0 unspecified atom stereocenters. The minimum atomic E-state index is -4.02. The summed E-state index contributed by atoms with van der Waals surface area (Å²) in [4.78, 5) is 34.7. The third-order valence-electron chi connectivity index (χ3n) is 2.16. The Hall–Kier alpha value is 0.300. The van der Waals surface area contributed by atoms with Gasteiger partial charge >= 0.3 is 15.2 Å². The van der Waals surface area contributed by atoms with Gasteiger partial charge in [-0.05, 0) is 18.3 Å². The Balaban J connectivity index is 4.09. The second-order valence-electron chi connectivity index (χ2n) is 4.44. The molecule has 0 spiro atoms. The van der Waals surface area contributed by atoms with Crippen LogP contribution in [0.1, 0.15) is 26.7 Å². The molecule has 0 heterocycles. The highest BCUT2D eigenvalue weighted by Crippen LogP contribution is 2.43. The molecule has 0 aromatic carbocycles. The highest BCUT2D eigenvalue weighted by molar-refractivity contribution is 7.52. The summed E-state index contributed by atoms with van der Waals surface area (Å²) in [5.41, 5.74) is -0.470. The molecule has 0 aromatic heterocycles. The highest BCUT2D eigenvalue weighted by Gasteiger charge is 2.26. The van der Waals surface area contributed by atoms with Crippen LogP contribution in [-0.4, -0.2) is 31.9 Å². The van der Waals surface area contributed by atoms with E-state index in [1.807, 2.05) is 0 Å². The van der Waals surface area contributed by atoms with Gasteiger partial charge in [-0.1, -0.05) is 13.8 Å². The van der Waals surface area contributed by atoms with E-state index in [4.69, 9.17) is 19.6 Å². The molecule has 0 rings (SSSR count). The van der Waals surface area contributed by atoms with E-state index in [1.165, 1.54) is 0 Å². The Morgan fingerprint density at radius 2 is 1.13 bits per heavy atom. The Morgan fingerprint density at radius 1 is 0.867 bits per heavy atom. The van der Waals surface area contributed by atoms with E-state index in [2.05, 4.69) is 0 Å². The molecule has 0 aliphatic rings. The van der Waals surface area contributed by atoms with Gasteiger partial charge in [-0.3, -0.25) is 9.13 Å². The van der Waals surface area contributed by atoms with Crippen molar-refractivity contribution >= 4 is 15.2 Å². The monoisotopic (exact) mass is 260 g/mol. The van der Waals surface area contributed by atoms with E-state index in [9.17, 15) is 9.13 Å². The number of rotatable bonds is 6. The standard InChI is InChI=1S/C7H18O6P2/c1-7(2,3-5-14(8,9)10)4-6-15(11,12)13/h3-6H2,1-2H3,(H2,8,9,10)(H2,11,12,13). The summed E-state index contributed by atoms with van der Waals surface area (Å²) >= 11 is 0. The molecule has 8 heteroatoms. The average molecular weight is 260 g/mol. The van der Waals surface area contributed by atoms with Crippen LogP contribution in [0.25, 0.3) is 0 Å². The summed E-state index contributed by atoms with van der Waals surface area (Å²) in [6.45, 7) is 3.47. The summed E-state index contributed by atoms with van der Waals surface area (Å²) in [7, 11) is -8.04. The van der Waals surface area contributed by atoms with Crippen LogP contribution in [0.15, 0.2) is 0 Å². The van der Waals surface area contributed by atoms with Gasteiger partial charge in [0.15, 0.2) is 0 Å². The largest absolute Gasteiger partial charge is 0.325 e. The van der Waals surface area contributed by atoms with Crippen LogP contribution in [-0.2, 0) is 9.13 Å². The summed E-state index contributed by atoms with van der Waals surface area (Å²) in [6.07, 6.45) is -0.00310. The lowest BCUT2D eigenvalue weighted by atomic mass is 9.87. The molecule has 0 atom stereocenters. The van der Waals surface area contributed by atoms with Gasteiger partial charge < -0.3 is 19.6 Å². The van der Waals surface area contributed by atoms with Gasteiger partial charge in [0.2, 0.25) is 0 Å². The first-order valence-corrected chi connectivity index (χ1v) is 8.10. The van der Waals surface area contributed by atoms with Crippen LogP contribution in [0.2, 0.25) is 0 Å². The first kappa shape index (κ1) is 15.3. The quantitative estimate of drug-likeness (QED) is 0.532. The molecule has 0 radical (unpaired) electrons. The van der Waals surface area contributed by atoms with Crippen LogP contribution >= 0.6 is 15.2 Å². The molecule has 0 amide bonds. The van der Waals surface area contributed by atoms with Crippen LogP contribution in [0.5, 0.6) is 0 Å². The van der Waals surface area contributed by atoms with E-state index in [-0.39, 0.29) is 25.2 Å². The predicted octanol–water partition coefficient (Wildman–Crippen LogP) is 1.15. The first-order valence-electron chi connectivity index (χ1n) is 4.50. The van der Waals surface area contributed by atoms with Crippen molar-refractivity contribution in [2.45, 2.75) is 26.7 Å².